The van der Waals surface area contributed by atoms with Gasteiger partial charge in [-0.3, -0.25) is 19.9 Å². The Kier molecular flexibility index (Phi) is 7.07. The van der Waals surface area contributed by atoms with E-state index in [0.29, 0.717) is 0 Å². The number of nitrogens with one attached hydrogen (secondary N) is 3. The normalized spacial score (nSPS) is 16.8. The van der Waals surface area contributed by atoms with E-state index in [-0.39, 0.29) is 18.0 Å². The Morgan fingerprint density at radius 1 is 1.24 bits per heavy atom. The van der Waals surface area contributed by atoms with Gasteiger partial charge in [0, 0.05) is 44.8 Å². The molecule has 0 saturated carbocycles. The molecule has 0 aliphatic carbocycles. The SMILES string of the molecule is CN(CCN1CCNCC1)CC(=O)NC(=O)NC(C)(C)C. The molecule has 0 spiro atoms. The maximum Gasteiger partial charge on any atom is 0.321 e. The van der Waals surface area contributed by atoms with Gasteiger partial charge in [-0.25, -0.2) is 4.79 Å². The van der Waals surface area contributed by atoms with E-state index in [4.69, 9.17) is 0 Å². The first-order valence-electron chi connectivity index (χ1n) is 7.50. The Hall–Kier alpha value is -1.18. The highest BCUT2D eigenvalue weighted by Crippen LogP contribution is 1.97. The van der Waals surface area contributed by atoms with Crippen LogP contribution in [0.25, 0.3) is 0 Å². The molecule has 1 heterocycles. The van der Waals surface area contributed by atoms with Crippen LogP contribution in [0, 0.1) is 0 Å². The summed E-state index contributed by atoms with van der Waals surface area (Å²) in [4.78, 5) is 27.6. The molecule has 1 fully saturated rings. The third-order valence-corrected chi connectivity index (χ3v) is 3.16. The van der Waals surface area contributed by atoms with Crippen LogP contribution in [-0.4, -0.2) is 80.1 Å². The molecule has 1 aliphatic heterocycles. The Balaban J connectivity index is 2.19. The summed E-state index contributed by atoms with van der Waals surface area (Å²) in [7, 11) is 1.89. The number of hydrogen-bond acceptors (Lipinski definition) is 5. The Morgan fingerprint density at radius 3 is 2.43 bits per heavy atom. The van der Waals surface area contributed by atoms with E-state index in [1.54, 1.807) is 0 Å². The predicted octanol–water partition coefficient (Wildman–Crippen LogP) is -0.552. The Bertz CT molecular complexity index is 348. The summed E-state index contributed by atoms with van der Waals surface area (Å²) in [6.07, 6.45) is 0. The molecule has 0 atom stereocenters. The van der Waals surface area contributed by atoms with Crippen LogP contribution in [0.2, 0.25) is 0 Å². The third-order valence-electron chi connectivity index (χ3n) is 3.16. The fourth-order valence-electron chi connectivity index (χ4n) is 2.11. The van der Waals surface area contributed by atoms with E-state index in [2.05, 4.69) is 20.9 Å². The van der Waals surface area contributed by atoms with Crippen molar-refractivity contribution in [2.45, 2.75) is 26.3 Å². The van der Waals surface area contributed by atoms with Crippen molar-refractivity contribution in [3.63, 3.8) is 0 Å². The van der Waals surface area contributed by atoms with Gasteiger partial charge in [-0.2, -0.15) is 0 Å². The molecule has 0 bridgehead atoms. The zero-order valence-corrected chi connectivity index (χ0v) is 13.7. The molecular weight excluding hydrogens is 270 g/mol. The standard InChI is InChI=1S/C14H29N5O2/c1-14(2,3)17-13(21)16-12(20)11-18(4)9-10-19-7-5-15-6-8-19/h15H,5-11H2,1-4H3,(H2,16,17,20,21). The van der Waals surface area contributed by atoms with Crippen LogP contribution in [0.15, 0.2) is 0 Å². The van der Waals surface area contributed by atoms with Crippen LogP contribution < -0.4 is 16.0 Å². The predicted molar refractivity (Wildman–Crippen MR) is 83.2 cm³/mol. The molecule has 122 valence electrons. The lowest BCUT2D eigenvalue weighted by molar-refractivity contribution is -0.120. The van der Waals surface area contributed by atoms with E-state index < -0.39 is 6.03 Å². The van der Waals surface area contributed by atoms with Crippen molar-refractivity contribution < 1.29 is 9.59 Å². The quantitative estimate of drug-likeness (QED) is 0.635. The van der Waals surface area contributed by atoms with Crippen molar-refractivity contribution in [3.05, 3.63) is 0 Å². The van der Waals surface area contributed by atoms with Gasteiger partial charge in [-0.1, -0.05) is 0 Å². The van der Waals surface area contributed by atoms with E-state index in [9.17, 15) is 9.59 Å². The van der Waals surface area contributed by atoms with Gasteiger partial charge in [0.15, 0.2) is 0 Å². The summed E-state index contributed by atoms with van der Waals surface area (Å²) in [5.41, 5.74) is -0.349. The lowest BCUT2D eigenvalue weighted by Gasteiger charge is -2.29. The zero-order chi connectivity index (χ0) is 15.9. The summed E-state index contributed by atoms with van der Waals surface area (Å²) in [6.45, 7) is 11.7. The van der Waals surface area contributed by atoms with Gasteiger partial charge in [0.1, 0.15) is 0 Å². The fourth-order valence-corrected chi connectivity index (χ4v) is 2.11. The Labute approximate surface area is 127 Å². The lowest BCUT2D eigenvalue weighted by atomic mass is 10.1. The minimum absolute atomic E-state index is 0.226. The van der Waals surface area contributed by atoms with E-state index in [0.717, 1.165) is 39.3 Å². The van der Waals surface area contributed by atoms with E-state index >= 15 is 0 Å². The molecule has 3 N–H and O–H groups in total. The second-order valence-corrected chi connectivity index (χ2v) is 6.58. The monoisotopic (exact) mass is 299 g/mol. The van der Waals surface area contributed by atoms with Crippen LogP contribution in [0.4, 0.5) is 4.79 Å². The summed E-state index contributed by atoms with van der Waals surface area (Å²) in [5.74, 6) is -0.278. The van der Waals surface area contributed by atoms with Gasteiger partial charge in [-0.15, -0.1) is 0 Å². The largest absolute Gasteiger partial charge is 0.333 e. The second-order valence-electron chi connectivity index (χ2n) is 6.58. The third kappa shape index (κ3) is 8.64. The molecule has 1 rings (SSSR count). The van der Waals surface area contributed by atoms with Gasteiger partial charge >= 0.3 is 6.03 Å². The summed E-state index contributed by atoms with van der Waals surface area (Å²) in [5, 5.41) is 8.36. The zero-order valence-electron chi connectivity index (χ0n) is 13.7. The number of nitrogens with zero attached hydrogens (tertiary/aromatic N) is 2. The number of carbonyl (C=O) groups is 2. The average Bonchev–Trinajstić information content (AvgIpc) is 2.35. The van der Waals surface area contributed by atoms with Gasteiger partial charge in [-0.05, 0) is 27.8 Å². The van der Waals surface area contributed by atoms with Crippen LogP contribution in [-0.2, 0) is 4.79 Å². The molecule has 0 radical (unpaired) electrons. The molecule has 1 aliphatic rings. The highest BCUT2D eigenvalue weighted by Gasteiger charge is 2.17. The summed E-state index contributed by atoms with van der Waals surface area (Å²) >= 11 is 0. The van der Waals surface area contributed by atoms with Crippen LogP contribution >= 0.6 is 0 Å². The van der Waals surface area contributed by atoms with Gasteiger partial charge in [0.05, 0.1) is 6.54 Å². The molecular formula is C14H29N5O2. The van der Waals surface area contributed by atoms with Crippen LogP contribution in [0.1, 0.15) is 20.8 Å². The molecule has 0 aromatic carbocycles. The molecule has 7 heteroatoms. The first-order valence-corrected chi connectivity index (χ1v) is 7.50. The van der Waals surface area contributed by atoms with Crippen molar-refractivity contribution in [1.82, 2.24) is 25.8 Å². The summed E-state index contributed by atoms with van der Waals surface area (Å²) < 4.78 is 0. The number of hydrogen-bond donors (Lipinski definition) is 3. The number of carbonyl (C=O) groups excluding carboxylic acids is 2. The molecule has 0 aromatic rings. The van der Waals surface area contributed by atoms with Crippen molar-refractivity contribution >= 4 is 11.9 Å². The van der Waals surface area contributed by atoms with Crippen molar-refractivity contribution in [2.24, 2.45) is 0 Å². The average molecular weight is 299 g/mol. The first kappa shape index (κ1) is 17.9. The minimum atomic E-state index is -0.442. The number of urea groups is 1. The summed E-state index contributed by atoms with van der Waals surface area (Å²) in [6, 6.07) is -0.442. The molecule has 0 unspecified atom stereocenters. The smallest absolute Gasteiger partial charge is 0.321 e. The molecule has 7 nitrogen and oxygen atoms in total. The van der Waals surface area contributed by atoms with E-state index in [1.807, 2.05) is 32.7 Å². The minimum Gasteiger partial charge on any atom is -0.333 e. The molecule has 3 amide bonds. The highest BCUT2D eigenvalue weighted by molar-refractivity contribution is 5.95. The highest BCUT2D eigenvalue weighted by atomic mass is 16.2. The molecule has 1 saturated heterocycles. The Morgan fingerprint density at radius 2 is 1.86 bits per heavy atom. The maximum atomic E-state index is 11.8. The van der Waals surface area contributed by atoms with Crippen LogP contribution in [0.5, 0.6) is 0 Å². The number of piperazine rings is 1. The molecule has 0 aromatic heterocycles. The fraction of sp³-hybridized carbons (Fsp3) is 0.857. The number of likely N-dealkylation sites (N-methyl/N-ethyl adjacent to an activating group) is 1. The van der Waals surface area contributed by atoms with E-state index in [1.165, 1.54) is 0 Å². The van der Waals surface area contributed by atoms with Gasteiger partial charge in [0.2, 0.25) is 5.91 Å². The molecule has 21 heavy (non-hydrogen) atoms. The maximum absolute atomic E-state index is 11.8. The van der Waals surface area contributed by atoms with Crippen LogP contribution in [0.3, 0.4) is 0 Å². The van der Waals surface area contributed by atoms with Crippen molar-refractivity contribution in [3.8, 4) is 0 Å². The van der Waals surface area contributed by atoms with Crippen molar-refractivity contribution in [2.75, 3.05) is 52.9 Å². The van der Waals surface area contributed by atoms with Gasteiger partial charge in [0.25, 0.3) is 0 Å². The van der Waals surface area contributed by atoms with Crippen molar-refractivity contribution in [1.29, 1.82) is 0 Å². The topological polar surface area (TPSA) is 76.7 Å². The lowest BCUT2D eigenvalue weighted by Crippen LogP contribution is -2.50. The van der Waals surface area contributed by atoms with Gasteiger partial charge < -0.3 is 10.6 Å². The second kappa shape index (κ2) is 8.31. The number of rotatable bonds is 5. The first-order chi connectivity index (χ1) is 9.76. The number of imide groups is 1. The number of amides is 3.